The average molecular weight is 528 g/mol. The van der Waals surface area contributed by atoms with Crippen LogP contribution in [0.2, 0.25) is 0 Å². The first-order chi connectivity index (χ1) is 18.3. The predicted octanol–water partition coefficient (Wildman–Crippen LogP) is 7.75. The summed E-state index contributed by atoms with van der Waals surface area (Å²) in [6.07, 6.45) is 22.5. The Kier molecular flexibility index (Phi) is 15.2. The van der Waals surface area contributed by atoms with Crippen molar-refractivity contribution in [1.29, 1.82) is 0 Å². The van der Waals surface area contributed by atoms with Crippen LogP contribution in [0, 0.1) is 5.92 Å². The van der Waals surface area contributed by atoms with Gasteiger partial charge < -0.3 is 4.57 Å². The van der Waals surface area contributed by atoms with Gasteiger partial charge in [0.2, 0.25) is 5.91 Å². The minimum absolute atomic E-state index is 0.0635. The highest BCUT2D eigenvalue weighted by Gasteiger charge is 2.31. The molecule has 38 heavy (non-hydrogen) atoms. The SMILES string of the molecule is CCCCCCCC/C(C)=C/CC(=O)CCCCCCCCCN1C(=O)CC(C)Cc2ncn(C)c2C1=O. The van der Waals surface area contributed by atoms with Crippen LogP contribution in [0.15, 0.2) is 18.0 Å². The molecule has 0 radical (unpaired) electrons. The van der Waals surface area contributed by atoms with Crippen LogP contribution in [0.1, 0.15) is 146 Å². The molecule has 6 nitrogen and oxygen atoms in total. The van der Waals surface area contributed by atoms with Gasteiger partial charge in [-0.2, -0.15) is 0 Å². The highest BCUT2D eigenvalue weighted by Crippen LogP contribution is 2.22. The number of amides is 2. The first kappa shape index (κ1) is 32.0. The molecule has 0 saturated heterocycles. The number of imide groups is 1. The number of aromatic nitrogens is 2. The number of nitrogens with zero attached hydrogens (tertiary/aromatic N) is 3. The number of Topliss-reactive ketones (excluding diaryl/α,β-unsaturated/α-hetero) is 1. The van der Waals surface area contributed by atoms with Crippen LogP contribution < -0.4 is 0 Å². The summed E-state index contributed by atoms with van der Waals surface area (Å²) in [4.78, 5) is 43.9. The summed E-state index contributed by atoms with van der Waals surface area (Å²) in [6.45, 7) is 6.94. The Morgan fingerprint density at radius 1 is 0.921 bits per heavy atom. The van der Waals surface area contributed by atoms with Gasteiger partial charge >= 0.3 is 0 Å². The number of aryl methyl sites for hydroxylation is 1. The van der Waals surface area contributed by atoms with Crippen LogP contribution in [0.5, 0.6) is 0 Å². The van der Waals surface area contributed by atoms with Crippen molar-refractivity contribution in [2.24, 2.45) is 13.0 Å². The number of fused-ring (bicyclic) bond motifs is 1. The zero-order chi connectivity index (χ0) is 27.8. The molecule has 1 unspecified atom stereocenters. The van der Waals surface area contributed by atoms with Crippen LogP contribution in [0.3, 0.4) is 0 Å². The molecule has 1 aromatic rings. The summed E-state index contributed by atoms with van der Waals surface area (Å²) in [5.74, 6) is 0.282. The third-order valence-corrected chi connectivity index (χ3v) is 7.77. The van der Waals surface area contributed by atoms with Crippen LogP contribution in [0.25, 0.3) is 0 Å². The summed E-state index contributed by atoms with van der Waals surface area (Å²) in [6, 6.07) is 0. The van der Waals surface area contributed by atoms with Crippen LogP contribution in [0.4, 0.5) is 0 Å². The zero-order valence-electron chi connectivity index (χ0n) is 24.7. The van der Waals surface area contributed by atoms with Crippen molar-refractivity contribution in [3.8, 4) is 0 Å². The lowest BCUT2D eigenvalue weighted by Gasteiger charge is -2.25. The quantitative estimate of drug-likeness (QED) is 0.105. The molecule has 2 heterocycles. The summed E-state index contributed by atoms with van der Waals surface area (Å²) >= 11 is 0. The van der Waals surface area contributed by atoms with Crippen molar-refractivity contribution in [3.05, 3.63) is 29.4 Å². The van der Waals surface area contributed by atoms with Gasteiger partial charge in [-0.1, -0.05) is 89.7 Å². The number of imidazole rings is 1. The second kappa shape index (κ2) is 18.1. The van der Waals surface area contributed by atoms with Gasteiger partial charge in [0, 0.05) is 32.9 Å². The number of rotatable bonds is 19. The molecule has 214 valence electrons. The van der Waals surface area contributed by atoms with Gasteiger partial charge in [0.25, 0.3) is 5.91 Å². The van der Waals surface area contributed by atoms with Gasteiger partial charge in [0.05, 0.1) is 12.0 Å². The molecule has 1 aliphatic rings. The zero-order valence-corrected chi connectivity index (χ0v) is 24.7. The molecule has 0 aliphatic carbocycles. The van der Waals surface area contributed by atoms with Gasteiger partial charge in [0.1, 0.15) is 11.5 Å². The molecule has 0 spiro atoms. The maximum Gasteiger partial charge on any atom is 0.279 e. The van der Waals surface area contributed by atoms with E-state index in [1.54, 1.807) is 10.9 Å². The maximum absolute atomic E-state index is 13.1. The van der Waals surface area contributed by atoms with E-state index in [0.717, 1.165) is 57.1 Å². The van der Waals surface area contributed by atoms with Crippen molar-refractivity contribution >= 4 is 17.6 Å². The molecule has 0 fully saturated rings. The fourth-order valence-electron chi connectivity index (χ4n) is 5.33. The van der Waals surface area contributed by atoms with Crippen LogP contribution in [-0.2, 0) is 23.1 Å². The number of unbranched alkanes of at least 4 members (excludes halogenated alkanes) is 11. The largest absolute Gasteiger partial charge is 0.329 e. The lowest BCUT2D eigenvalue weighted by molar-refractivity contribution is -0.129. The second-order valence-corrected chi connectivity index (χ2v) is 11.6. The first-order valence-corrected chi connectivity index (χ1v) is 15.4. The third-order valence-electron chi connectivity index (χ3n) is 7.77. The third kappa shape index (κ3) is 11.7. The van der Waals surface area contributed by atoms with E-state index in [2.05, 4.69) is 24.9 Å². The molecule has 0 saturated carbocycles. The normalized spacial score (nSPS) is 16.5. The summed E-state index contributed by atoms with van der Waals surface area (Å²) in [5, 5.41) is 0. The van der Waals surface area contributed by atoms with E-state index >= 15 is 0 Å². The van der Waals surface area contributed by atoms with E-state index in [9.17, 15) is 14.4 Å². The Bertz CT molecular complexity index is 902. The van der Waals surface area contributed by atoms with Gasteiger partial charge in [-0.25, -0.2) is 4.98 Å². The molecule has 0 aromatic carbocycles. The van der Waals surface area contributed by atoms with Gasteiger partial charge in [-0.05, 0) is 44.9 Å². The van der Waals surface area contributed by atoms with Gasteiger partial charge in [-0.3, -0.25) is 19.3 Å². The smallest absolute Gasteiger partial charge is 0.279 e. The number of hydrogen-bond acceptors (Lipinski definition) is 4. The van der Waals surface area contributed by atoms with Gasteiger partial charge in [-0.15, -0.1) is 0 Å². The fourth-order valence-corrected chi connectivity index (χ4v) is 5.33. The molecule has 0 bridgehead atoms. The highest BCUT2D eigenvalue weighted by atomic mass is 16.2. The lowest BCUT2D eigenvalue weighted by Crippen LogP contribution is -2.41. The molecule has 0 N–H and O–H groups in total. The van der Waals surface area contributed by atoms with Crippen molar-refractivity contribution in [1.82, 2.24) is 14.5 Å². The molecule has 1 atom stereocenters. The molecular formula is C32H53N3O3. The van der Waals surface area contributed by atoms with Crippen molar-refractivity contribution in [2.45, 2.75) is 136 Å². The Morgan fingerprint density at radius 2 is 1.53 bits per heavy atom. The minimum atomic E-state index is -0.200. The highest BCUT2D eigenvalue weighted by molar-refractivity contribution is 6.04. The van der Waals surface area contributed by atoms with Crippen molar-refractivity contribution < 1.29 is 14.4 Å². The lowest BCUT2D eigenvalue weighted by atomic mass is 9.97. The predicted molar refractivity (Wildman–Crippen MR) is 155 cm³/mol. The summed E-state index contributed by atoms with van der Waals surface area (Å²) < 4.78 is 1.74. The molecule has 6 heteroatoms. The van der Waals surface area contributed by atoms with Crippen molar-refractivity contribution in [2.75, 3.05) is 6.54 Å². The van der Waals surface area contributed by atoms with Crippen molar-refractivity contribution in [3.63, 3.8) is 0 Å². The number of carbonyl (C=O) groups is 3. The van der Waals surface area contributed by atoms with E-state index in [4.69, 9.17) is 0 Å². The van der Waals surface area contributed by atoms with E-state index in [-0.39, 0.29) is 17.7 Å². The fraction of sp³-hybridized carbons (Fsp3) is 0.750. The average Bonchev–Trinajstić information content (AvgIpc) is 3.24. The minimum Gasteiger partial charge on any atom is -0.329 e. The number of allylic oxidation sites excluding steroid dienone is 2. The Hall–Kier alpha value is -2.24. The number of carbonyl (C=O) groups excluding carboxylic acids is 3. The topological polar surface area (TPSA) is 72.3 Å². The molecule has 1 aromatic heterocycles. The Labute approximate surface area is 231 Å². The standard InChI is InChI=1S/C32H53N3O3/c1-5-6-7-8-12-15-18-26(2)20-21-28(36)19-16-13-10-9-11-14-17-22-35-30(37)24-27(3)23-29-31(32(35)38)34(4)25-33-29/h20,25,27H,5-19,21-24H2,1-4H3/b26-20+. The van der Waals surface area contributed by atoms with E-state index in [1.165, 1.54) is 49.0 Å². The summed E-state index contributed by atoms with van der Waals surface area (Å²) in [7, 11) is 1.82. The monoisotopic (exact) mass is 527 g/mol. The molecule has 1 aliphatic heterocycles. The first-order valence-electron chi connectivity index (χ1n) is 15.4. The molecule has 2 rings (SSSR count). The van der Waals surface area contributed by atoms with Crippen LogP contribution in [-0.4, -0.2) is 38.6 Å². The van der Waals surface area contributed by atoms with E-state index in [1.807, 2.05) is 14.0 Å². The second-order valence-electron chi connectivity index (χ2n) is 11.6. The van der Waals surface area contributed by atoms with E-state index in [0.29, 0.717) is 43.7 Å². The van der Waals surface area contributed by atoms with Gasteiger partial charge in [0.15, 0.2) is 0 Å². The number of hydrogen-bond donors (Lipinski definition) is 0. The molecule has 2 amide bonds. The van der Waals surface area contributed by atoms with Crippen LogP contribution >= 0.6 is 0 Å². The summed E-state index contributed by atoms with van der Waals surface area (Å²) in [5.41, 5.74) is 2.73. The maximum atomic E-state index is 13.1. The van der Waals surface area contributed by atoms with E-state index < -0.39 is 0 Å². The molecular weight excluding hydrogens is 474 g/mol. The Balaban J connectivity index is 1.54. The number of ketones is 1. The Morgan fingerprint density at radius 3 is 2.21 bits per heavy atom.